The van der Waals surface area contributed by atoms with Gasteiger partial charge in [-0.25, -0.2) is 4.39 Å². The van der Waals surface area contributed by atoms with Gasteiger partial charge in [-0.15, -0.1) is 0 Å². The molecule has 0 heterocycles. The highest BCUT2D eigenvalue weighted by Crippen LogP contribution is 2.36. The van der Waals surface area contributed by atoms with Gasteiger partial charge in [0, 0.05) is 17.0 Å². The number of carbonyl (C=O) groups excluding carboxylic acids is 1. The van der Waals surface area contributed by atoms with Crippen molar-refractivity contribution in [3.63, 3.8) is 0 Å². The lowest BCUT2D eigenvalue weighted by molar-refractivity contribution is -0.108. The number of benzene rings is 1. The van der Waals surface area contributed by atoms with E-state index in [1.807, 2.05) is 0 Å². The molecule has 0 aromatic heterocycles. The van der Waals surface area contributed by atoms with Crippen LogP contribution < -0.4 is 4.74 Å². The van der Waals surface area contributed by atoms with Crippen molar-refractivity contribution in [2.75, 3.05) is 7.11 Å². The summed E-state index contributed by atoms with van der Waals surface area (Å²) < 4.78 is 18.3. The minimum atomic E-state index is -0.463. The summed E-state index contributed by atoms with van der Waals surface area (Å²) in [6.45, 7) is 1.80. The molecule has 1 rings (SSSR count). The lowest BCUT2D eigenvalue weighted by Gasteiger charge is -2.15. The average Bonchev–Trinajstić information content (AvgIpc) is 2.21. The Hall–Kier alpha value is -1.09. The highest BCUT2D eigenvalue weighted by molar-refractivity contribution is 6.31. The van der Waals surface area contributed by atoms with Gasteiger partial charge in [-0.2, -0.15) is 0 Å². The molecule has 0 fully saturated rings. The first kappa shape index (κ1) is 12.0. The number of carbonyl (C=O) groups is 1. The van der Waals surface area contributed by atoms with E-state index in [0.29, 0.717) is 17.0 Å². The highest BCUT2D eigenvalue weighted by atomic mass is 35.5. The number of aldehydes is 1. The van der Waals surface area contributed by atoms with E-state index in [1.165, 1.54) is 19.2 Å². The van der Waals surface area contributed by atoms with Crippen LogP contribution in [0.1, 0.15) is 24.8 Å². The molecule has 0 aliphatic heterocycles. The third kappa shape index (κ3) is 2.48. The maximum Gasteiger partial charge on any atom is 0.165 e. The predicted octanol–water partition coefficient (Wildman–Crippen LogP) is 3.18. The van der Waals surface area contributed by atoms with Gasteiger partial charge in [0.25, 0.3) is 0 Å². The Labute approximate surface area is 93.0 Å². The van der Waals surface area contributed by atoms with E-state index in [4.69, 9.17) is 16.3 Å². The van der Waals surface area contributed by atoms with E-state index in [1.54, 1.807) is 6.92 Å². The topological polar surface area (TPSA) is 26.3 Å². The van der Waals surface area contributed by atoms with E-state index in [0.717, 1.165) is 6.29 Å². The second kappa shape index (κ2) is 5.12. The number of rotatable bonds is 4. The highest BCUT2D eigenvalue weighted by Gasteiger charge is 2.18. The molecule has 2 nitrogen and oxygen atoms in total. The normalized spacial score (nSPS) is 12.3. The monoisotopic (exact) mass is 230 g/mol. The Kier molecular flexibility index (Phi) is 4.09. The van der Waals surface area contributed by atoms with E-state index < -0.39 is 5.82 Å². The van der Waals surface area contributed by atoms with Gasteiger partial charge in [-0.3, -0.25) is 0 Å². The van der Waals surface area contributed by atoms with Gasteiger partial charge in [-0.1, -0.05) is 18.5 Å². The summed E-state index contributed by atoms with van der Waals surface area (Å²) in [6.07, 6.45) is 1.07. The molecule has 1 atom stereocenters. The van der Waals surface area contributed by atoms with Crippen LogP contribution in [0.5, 0.6) is 5.75 Å². The van der Waals surface area contributed by atoms with Crippen LogP contribution in [0.4, 0.5) is 4.39 Å². The van der Waals surface area contributed by atoms with E-state index in [-0.39, 0.29) is 11.7 Å². The first-order valence-corrected chi connectivity index (χ1v) is 4.95. The Morgan fingerprint density at radius 1 is 1.60 bits per heavy atom. The molecule has 0 aliphatic rings. The number of ether oxygens (including phenoxy) is 1. The molecule has 1 unspecified atom stereocenters. The van der Waals surface area contributed by atoms with Crippen molar-refractivity contribution >= 4 is 17.9 Å². The summed E-state index contributed by atoms with van der Waals surface area (Å²) in [5, 5.41) is 0.419. The Morgan fingerprint density at radius 2 is 2.27 bits per heavy atom. The van der Waals surface area contributed by atoms with Crippen LogP contribution >= 0.6 is 11.6 Å². The maximum absolute atomic E-state index is 13.4. The van der Waals surface area contributed by atoms with E-state index >= 15 is 0 Å². The van der Waals surface area contributed by atoms with Crippen molar-refractivity contribution in [1.29, 1.82) is 0 Å². The Balaban J connectivity index is 3.23. The minimum absolute atomic E-state index is 0.122. The summed E-state index contributed by atoms with van der Waals surface area (Å²) in [5.41, 5.74) is 0.547. The second-order valence-corrected chi connectivity index (χ2v) is 3.69. The zero-order valence-electron chi connectivity index (χ0n) is 8.59. The standard InChI is InChI=1S/C11H12ClFO2/c1-7(5-6-14)10-8(12)3-4-9(13)11(10)15-2/h3-4,6-7H,5H2,1-2H3. The lowest BCUT2D eigenvalue weighted by atomic mass is 9.97. The fraction of sp³-hybridized carbons (Fsp3) is 0.364. The van der Waals surface area contributed by atoms with Crippen LogP contribution in [0.15, 0.2) is 12.1 Å². The van der Waals surface area contributed by atoms with Crippen molar-refractivity contribution in [3.8, 4) is 5.75 Å². The largest absolute Gasteiger partial charge is 0.493 e. The van der Waals surface area contributed by atoms with Crippen LogP contribution in [0.25, 0.3) is 0 Å². The molecule has 1 aromatic rings. The van der Waals surface area contributed by atoms with E-state index in [9.17, 15) is 9.18 Å². The number of halogens is 2. The van der Waals surface area contributed by atoms with Gasteiger partial charge in [0.2, 0.25) is 0 Å². The Morgan fingerprint density at radius 3 is 2.80 bits per heavy atom. The van der Waals surface area contributed by atoms with Crippen LogP contribution in [0, 0.1) is 5.82 Å². The van der Waals surface area contributed by atoms with Gasteiger partial charge < -0.3 is 9.53 Å². The third-order valence-corrected chi connectivity index (χ3v) is 2.57. The summed E-state index contributed by atoms with van der Waals surface area (Å²) in [5.74, 6) is -0.493. The van der Waals surface area contributed by atoms with Crippen molar-refractivity contribution < 1.29 is 13.9 Å². The minimum Gasteiger partial charge on any atom is -0.493 e. The van der Waals surface area contributed by atoms with Crippen molar-refractivity contribution in [2.45, 2.75) is 19.3 Å². The average molecular weight is 231 g/mol. The molecule has 0 saturated heterocycles. The molecular weight excluding hydrogens is 219 g/mol. The summed E-state index contributed by atoms with van der Waals surface area (Å²) in [6, 6.07) is 2.72. The summed E-state index contributed by atoms with van der Waals surface area (Å²) in [7, 11) is 1.38. The molecule has 0 N–H and O–H groups in total. The van der Waals surface area contributed by atoms with Crippen molar-refractivity contribution in [2.24, 2.45) is 0 Å². The zero-order valence-corrected chi connectivity index (χ0v) is 9.34. The predicted molar refractivity (Wildman–Crippen MR) is 57.1 cm³/mol. The molecule has 0 bridgehead atoms. The lowest BCUT2D eigenvalue weighted by Crippen LogP contribution is -2.01. The first-order valence-electron chi connectivity index (χ1n) is 4.57. The van der Waals surface area contributed by atoms with E-state index in [2.05, 4.69) is 0 Å². The van der Waals surface area contributed by atoms with Crippen LogP contribution in [0.2, 0.25) is 5.02 Å². The van der Waals surface area contributed by atoms with Gasteiger partial charge in [0.15, 0.2) is 11.6 Å². The van der Waals surface area contributed by atoms with Crippen LogP contribution in [-0.4, -0.2) is 13.4 Å². The molecule has 4 heteroatoms. The third-order valence-electron chi connectivity index (χ3n) is 2.24. The molecular formula is C11H12ClFO2. The van der Waals surface area contributed by atoms with Crippen molar-refractivity contribution in [1.82, 2.24) is 0 Å². The van der Waals surface area contributed by atoms with Gasteiger partial charge in [-0.05, 0) is 18.1 Å². The number of hydrogen-bond acceptors (Lipinski definition) is 2. The quantitative estimate of drug-likeness (QED) is 0.743. The molecule has 82 valence electrons. The molecule has 0 spiro atoms. The zero-order chi connectivity index (χ0) is 11.4. The van der Waals surface area contributed by atoms with Crippen LogP contribution in [0.3, 0.4) is 0 Å². The fourth-order valence-corrected chi connectivity index (χ4v) is 1.81. The first-order chi connectivity index (χ1) is 7.11. The maximum atomic E-state index is 13.4. The summed E-state index contributed by atoms with van der Waals surface area (Å²) in [4.78, 5) is 10.4. The molecule has 0 saturated carbocycles. The van der Waals surface area contributed by atoms with Gasteiger partial charge in [0.1, 0.15) is 6.29 Å². The van der Waals surface area contributed by atoms with Crippen molar-refractivity contribution in [3.05, 3.63) is 28.5 Å². The number of methoxy groups -OCH3 is 1. The molecule has 15 heavy (non-hydrogen) atoms. The SMILES string of the molecule is COc1c(F)ccc(Cl)c1C(C)CC=O. The van der Waals surface area contributed by atoms with Gasteiger partial charge >= 0.3 is 0 Å². The number of hydrogen-bond donors (Lipinski definition) is 0. The van der Waals surface area contributed by atoms with Gasteiger partial charge in [0.05, 0.1) is 7.11 Å². The second-order valence-electron chi connectivity index (χ2n) is 3.28. The molecule has 1 aromatic carbocycles. The molecule has 0 amide bonds. The Bertz CT molecular complexity index is 366. The summed E-state index contributed by atoms with van der Waals surface area (Å²) >= 11 is 5.95. The fourth-order valence-electron chi connectivity index (χ4n) is 1.48. The van der Waals surface area contributed by atoms with Crippen LogP contribution in [-0.2, 0) is 4.79 Å². The molecule has 0 aliphatic carbocycles. The molecule has 0 radical (unpaired) electrons. The smallest absolute Gasteiger partial charge is 0.165 e.